The summed E-state index contributed by atoms with van der Waals surface area (Å²) in [6.45, 7) is 2.73. The van der Waals surface area contributed by atoms with E-state index >= 15 is 0 Å². The summed E-state index contributed by atoms with van der Waals surface area (Å²) >= 11 is 1.72. The van der Waals surface area contributed by atoms with Crippen molar-refractivity contribution in [2.24, 2.45) is 5.92 Å². The summed E-state index contributed by atoms with van der Waals surface area (Å²) in [5, 5.41) is 12.1. The normalized spacial score (nSPS) is 17.7. The molecule has 1 aliphatic carbocycles. The SMILES string of the molecule is Cc1ccc(CNC(C(=O)O)C2CC2)s1. The highest BCUT2D eigenvalue weighted by Crippen LogP contribution is 2.33. The molecule has 1 fully saturated rings. The maximum atomic E-state index is 10.9. The van der Waals surface area contributed by atoms with E-state index in [0.29, 0.717) is 12.5 Å². The molecule has 82 valence electrons. The Morgan fingerprint density at radius 2 is 2.40 bits per heavy atom. The lowest BCUT2D eigenvalue weighted by molar-refractivity contribution is -0.140. The number of carbonyl (C=O) groups is 1. The van der Waals surface area contributed by atoms with Gasteiger partial charge in [-0.2, -0.15) is 0 Å². The lowest BCUT2D eigenvalue weighted by Crippen LogP contribution is -2.37. The smallest absolute Gasteiger partial charge is 0.320 e. The molecule has 15 heavy (non-hydrogen) atoms. The molecule has 4 heteroatoms. The number of nitrogens with one attached hydrogen (secondary N) is 1. The van der Waals surface area contributed by atoms with Gasteiger partial charge in [-0.1, -0.05) is 0 Å². The molecule has 0 aliphatic heterocycles. The third kappa shape index (κ3) is 2.79. The zero-order valence-corrected chi connectivity index (χ0v) is 9.51. The van der Waals surface area contributed by atoms with Gasteiger partial charge < -0.3 is 5.11 Å². The fourth-order valence-corrected chi connectivity index (χ4v) is 2.52. The van der Waals surface area contributed by atoms with E-state index in [9.17, 15) is 4.79 Å². The Morgan fingerprint density at radius 3 is 2.87 bits per heavy atom. The Labute approximate surface area is 93.1 Å². The van der Waals surface area contributed by atoms with E-state index < -0.39 is 5.97 Å². The molecule has 1 saturated carbocycles. The average Bonchev–Trinajstić information content (AvgIpc) is 2.90. The molecule has 1 heterocycles. The minimum Gasteiger partial charge on any atom is -0.480 e. The Morgan fingerprint density at radius 1 is 1.67 bits per heavy atom. The van der Waals surface area contributed by atoms with Gasteiger partial charge in [-0.15, -0.1) is 11.3 Å². The van der Waals surface area contributed by atoms with Gasteiger partial charge in [-0.25, -0.2) is 0 Å². The Kier molecular flexibility index (Phi) is 3.07. The van der Waals surface area contributed by atoms with E-state index in [-0.39, 0.29) is 6.04 Å². The summed E-state index contributed by atoms with van der Waals surface area (Å²) in [4.78, 5) is 13.4. The lowest BCUT2D eigenvalue weighted by Gasteiger charge is -2.12. The van der Waals surface area contributed by atoms with Crippen molar-refractivity contribution in [2.45, 2.75) is 32.4 Å². The highest BCUT2D eigenvalue weighted by molar-refractivity contribution is 7.11. The largest absolute Gasteiger partial charge is 0.480 e. The second kappa shape index (κ2) is 4.33. The van der Waals surface area contributed by atoms with Crippen LogP contribution in [-0.2, 0) is 11.3 Å². The zero-order chi connectivity index (χ0) is 10.8. The number of aryl methyl sites for hydroxylation is 1. The lowest BCUT2D eigenvalue weighted by atomic mass is 10.2. The van der Waals surface area contributed by atoms with Gasteiger partial charge in [0.05, 0.1) is 0 Å². The number of carboxylic acid groups (broad SMARTS) is 1. The van der Waals surface area contributed by atoms with Crippen LogP contribution in [0.2, 0.25) is 0 Å². The first kappa shape index (κ1) is 10.6. The van der Waals surface area contributed by atoms with Crippen molar-refractivity contribution in [2.75, 3.05) is 0 Å². The zero-order valence-electron chi connectivity index (χ0n) is 8.69. The van der Waals surface area contributed by atoms with E-state index in [0.717, 1.165) is 12.8 Å². The number of hydrogen-bond donors (Lipinski definition) is 2. The molecular weight excluding hydrogens is 210 g/mol. The molecule has 1 atom stereocenters. The van der Waals surface area contributed by atoms with Crippen LogP contribution in [0.15, 0.2) is 12.1 Å². The van der Waals surface area contributed by atoms with E-state index in [2.05, 4.69) is 24.4 Å². The minimum atomic E-state index is -0.717. The molecule has 1 aliphatic rings. The van der Waals surface area contributed by atoms with Gasteiger partial charge >= 0.3 is 5.97 Å². The summed E-state index contributed by atoms with van der Waals surface area (Å²) < 4.78 is 0. The van der Waals surface area contributed by atoms with Crippen molar-refractivity contribution < 1.29 is 9.90 Å². The molecule has 1 unspecified atom stereocenters. The summed E-state index contributed by atoms with van der Waals surface area (Å²) in [6, 6.07) is 3.76. The van der Waals surface area contributed by atoms with Crippen LogP contribution in [0.25, 0.3) is 0 Å². The van der Waals surface area contributed by atoms with Crippen LogP contribution in [-0.4, -0.2) is 17.1 Å². The van der Waals surface area contributed by atoms with Gasteiger partial charge in [0.2, 0.25) is 0 Å². The number of thiophene rings is 1. The average molecular weight is 225 g/mol. The van der Waals surface area contributed by atoms with Crippen LogP contribution in [0.1, 0.15) is 22.6 Å². The van der Waals surface area contributed by atoms with Gasteiger partial charge in [0.1, 0.15) is 6.04 Å². The molecule has 1 aromatic rings. The maximum absolute atomic E-state index is 10.9. The number of rotatable bonds is 5. The maximum Gasteiger partial charge on any atom is 0.320 e. The molecule has 0 bridgehead atoms. The second-order valence-corrected chi connectivity index (χ2v) is 5.42. The predicted octanol–water partition coefficient (Wildman–Crippen LogP) is 2.01. The fraction of sp³-hybridized carbons (Fsp3) is 0.545. The van der Waals surface area contributed by atoms with Crippen LogP contribution in [0.4, 0.5) is 0 Å². The van der Waals surface area contributed by atoms with Crippen LogP contribution in [0.3, 0.4) is 0 Å². The van der Waals surface area contributed by atoms with E-state index in [1.165, 1.54) is 9.75 Å². The van der Waals surface area contributed by atoms with Crippen molar-refractivity contribution >= 4 is 17.3 Å². The topological polar surface area (TPSA) is 49.3 Å². The molecule has 2 rings (SSSR count). The van der Waals surface area contributed by atoms with Crippen LogP contribution in [0.5, 0.6) is 0 Å². The molecule has 0 spiro atoms. The second-order valence-electron chi connectivity index (χ2n) is 4.05. The van der Waals surface area contributed by atoms with Crippen molar-refractivity contribution in [3.05, 3.63) is 21.9 Å². The van der Waals surface area contributed by atoms with Crippen molar-refractivity contribution in [3.63, 3.8) is 0 Å². The number of carboxylic acids is 1. The first-order chi connectivity index (χ1) is 7.16. The Balaban J connectivity index is 1.87. The highest BCUT2D eigenvalue weighted by Gasteiger charge is 2.35. The highest BCUT2D eigenvalue weighted by atomic mass is 32.1. The predicted molar refractivity (Wildman–Crippen MR) is 60.0 cm³/mol. The monoisotopic (exact) mass is 225 g/mol. The fourth-order valence-electron chi connectivity index (χ4n) is 1.68. The van der Waals surface area contributed by atoms with Gasteiger partial charge in [-0.3, -0.25) is 10.1 Å². The van der Waals surface area contributed by atoms with E-state index in [1.54, 1.807) is 11.3 Å². The Hall–Kier alpha value is -0.870. The Bertz CT molecular complexity index is 357. The van der Waals surface area contributed by atoms with Crippen LogP contribution < -0.4 is 5.32 Å². The summed E-state index contributed by atoms with van der Waals surface area (Å²) in [7, 11) is 0. The van der Waals surface area contributed by atoms with Gasteiger partial charge in [0, 0.05) is 16.3 Å². The van der Waals surface area contributed by atoms with Crippen molar-refractivity contribution in [3.8, 4) is 0 Å². The third-order valence-corrected chi connectivity index (χ3v) is 3.65. The molecule has 0 radical (unpaired) electrons. The molecule has 3 nitrogen and oxygen atoms in total. The molecule has 1 aromatic heterocycles. The van der Waals surface area contributed by atoms with Gasteiger partial charge in [0.25, 0.3) is 0 Å². The standard InChI is InChI=1S/C11H15NO2S/c1-7-2-5-9(15-7)6-12-10(11(13)14)8-3-4-8/h2,5,8,10,12H,3-4,6H2,1H3,(H,13,14). The quantitative estimate of drug-likeness (QED) is 0.806. The third-order valence-electron chi connectivity index (χ3n) is 2.65. The first-order valence-corrected chi connectivity index (χ1v) is 6.00. The molecular formula is C11H15NO2S. The summed E-state index contributed by atoms with van der Waals surface area (Å²) in [5.74, 6) is -0.366. The van der Waals surface area contributed by atoms with Crippen LogP contribution in [0, 0.1) is 12.8 Å². The summed E-state index contributed by atoms with van der Waals surface area (Å²) in [5.41, 5.74) is 0. The first-order valence-electron chi connectivity index (χ1n) is 5.18. The molecule has 0 amide bonds. The van der Waals surface area contributed by atoms with Crippen molar-refractivity contribution in [1.82, 2.24) is 5.32 Å². The van der Waals surface area contributed by atoms with E-state index in [4.69, 9.17) is 5.11 Å². The molecule has 0 saturated heterocycles. The minimum absolute atomic E-state index is 0.351. The van der Waals surface area contributed by atoms with Gasteiger partial charge in [-0.05, 0) is 37.8 Å². The number of hydrogen-bond acceptors (Lipinski definition) is 3. The molecule has 2 N–H and O–H groups in total. The number of aliphatic carboxylic acids is 1. The summed E-state index contributed by atoms with van der Waals surface area (Å²) in [6.07, 6.45) is 2.10. The van der Waals surface area contributed by atoms with Crippen molar-refractivity contribution in [1.29, 1.82) is 0 Å². The van der Waals surface area contributed by atoms with E-state index in [1.807, 2.05) is 0 Å². The van der Waals surface area contributed by atoms with Gasteiger partial charge in [0.15, 0.2) is 0 Å². The van der Waals surface area contributed by atoms with Crippen LogP contribution >= 0.6 is 11.3 Å². The molecule has 0 aromatic carbocycles.